The van der Waals surface area contributed by atoms with Gasteiger partial charge in [0.05, 0.1) is 20.8 Å². The van der Waals surface area contributed by atoms with Crippen molar-refractivity contribution in [2.45, 2.75) is 0 Å². The maximum absolute atomic E-state index is 13.9. The molecule has 1 heterocycles. The summed E-state index contributed by atoms with van der Waals surface area (Å²) in [5.74, 6) is -0.836. The van der Waals surface area contributed by atoms with E-state index < -0.39 is 16.4 Å². The Hall–Kier alpha value is -0.980. The molecule has 0 aliphatic carbocycles. The van der Waals surface area contributed by atoms with Crippen LogP contribution in [0.4, 0.5) is 10.1 Å². The molecule has 4 nitrogen and oxygen atoms in total. The number of nitro groups is 1. The third-order valence-electron chi connectivity index (χ3n) is 2.11. The molecule has 1 aromatic heterocycles. The number of aromatic nitrogens is 1. The van der Waals surface area contributed by atoms with Crippen LogP contribution in [0.25, 0.3) is 10.9 Å². The topological polar surface area (TPSA) is 56.0 Å². The number of rotatable bonds is 1. The molecule has 0 amide bonds. The fraction of sp³-hybridized carbons (Fsp3) is 0. The summed E-state index contributed by atoms with van der Waals surface area (Å²) in [6.07, 6.45) is 0.977. The van der Waals surface area contributed by atoms with Crippen molar-refractivity contribution in [1.29, 1.82) is 0 Å². The number of hydrogen-bond acceptors (Lipinski definition) is 3. The van der Waals surface area contributed by atoms with Gasteiger partial charge in [0.2, 0.25) is 0 Å². The monoisotopic (exact) mass is 338 g/mol. The summed E-state index contributed by atoms with van der Waals surface area (Å²) in [7, 11) is 0. The Morgan fingerprint density at radius 2 is 2.06 bits per heavy atom. The van der Waals surface area contributed by atoms with Crippen molar-refractivity contribution in [2.75, 3.05) is 0 Å². The average Bonchev–Trinajstić information content (AvgIpc) is 2.25. The summed E-state index contributed by atoms with van der Waals surface area (Å²) in [5, 5.41) is 9.98. The minimum absolute atomic E-state index is 0.158. The Kier molecular flexibility index (Phi) is 3.20. The van der Waals surface area contributed by atoms with Crippen LogP contribution in [0.5, 0.6) is 0 Å². The van der Waals surface area contributed by atoms with Crippen LogP contribution in [0.15, 0.2) is 16.7 Å². The second-order valence-electron chi connectivity index (χ2n) is 3.10. The summed E-state index contributed by atoms with van der Waals surface area (Å²) in [4.78, 5) is 13.7. The molecule has 0 saturated heterocycles. The second kappa shape index (κ2) is 4.36. The zero-order valence-corrected chi connectivity index (χ0v) is 11.0. The van der Waals surface area contributed by atoms with Gasteiger partial charge in [-0.05, 0) is 22.0 Å². The van der Waals surface area contributed by atoms with Gasteiger partial charge >= 0.3 is 5.69 Å². The Morgan fingerprint density at radius 3 is 2.65 bits per heavy atom. The minimum atomic E-state index is -0.836. The fourth-order valence-corrected chi connectivity index (χ4v) is 2.17. The van der Waals surface area contributed by atoms with Crippen LogP contribution in [-0.2, 0) is 0 Å². The number of nitrogens with zero attached hydrogens (tertiary/aromatic N) is 2. The smallest absolute Gasteiger partial charge is 0.258 e. The van der Waals surface area contributed by atoms with E-state index >= 15 is 0 Å². The van der Waals surface area contributed by atoms with E-state index in [1.165, 1.54) is 6.07 Å². The third-order valence-corrected chi connectivity index (χ3v) is 3.71. The van der Waals surface area contributed by atoms with E-state index in [0.717, 1.165) is 6.20 Å². The molecule has 88 valence electrons. The first-order valence-electron chi connectivity index (χ1n) is 4.19. The normalized spacial score (nSPS) is 10.8. The second-order valence-corrected chi connectivity index (χ2v) is 4.71. The summed E-state index contributed by atoms with van der Waals surface area (Å²) >= 11 is 14.5. The van der Waals surface area contributed by atoms with Crippen molar-refractivity contribution in [3.8, 4) is 0 Å². The Balaban J connectivity index is 2.95. The zero-order valence-electron chi connectivity index (χ0n) is 7.88. The lowest BCUT2D eigenvalue weighted by Crippen LogP contribution is -1.94. The standard InChI is InChI=1S/C9H2BrCl2FN2O2/c10-3-1-4-6(9(13)7(3)11)8(12)5(2-14-4)15(16)17/h1-2H. The van der Waals surface area contributed by atoms with Crippen LogP contribution in [0, 0.1) is 15.9 Å². The molecule has 0 saturated carbocycles. The molecule has 0 bridgehead atoms. The SMILES string of the molecule is O=[N+]([O-])c1cnc2cc(Br)c(Cl)c(F)c2c1Cl. The van der Waals surface area contributed by atoms with Crippen LogP contribution in [-0.4, -0.2) is 9.91 Å². The molecule has 0 fully saturated rings. The van der Waals surface area contributed by atoms with E-state index in [1.54, 1.807) is 0 Å². The molecule has 8 heteroatoms. The van der Waals surface area contributed by atoms with Crippen molar-refractivity contribution in [3.05, 3.63) is 42.7 Å². The molecule has 0 spiro atoms. The van der Waals surface area contributed by atoms with E-state index in [1.807, 2.05) is 0 Å². The van der Waals surface area contributed by atoms with Gasteiger partial charge in [0.15, 0.2) is 5.82 Å². The van der Waals surface area contributed by atoms with Gasteiger partial charge in [0.25, 0.3) is 0 Å². The highest BCUT2D eigenvalue weighted by Gasteiger charge is 2.21. The molecular formula is C9H2BrCl2FN2O2. The van der Waals surface area contributed by atoms with Gasteiger partial charge in [0, 0.05) is 4.47 Å². The number of halogens is 4. The van der Waals surface area contributed by atoms with E-state index in [9.17, 15) is 14.5 Å². The van der Waals surface area contributed by atoms with Crippen LogP contribution < -0.4 is 0 Å². The van der Waals surface area contributed by atoms with Crippen LogP contribution in [0.3, 0.4) is 0 Å². The highest BCUT2D eigenvalue weighted by molar-refractivity contribution is 9.10. The largest absolute Gasteiger partial charge is 0.306 e. The van der Waals surface area contributed by atoms with Gasteiger partial charge in [0.1, 0.15) is 11.2 Å². The van der Waals surface area contributed by atoms with E-state index in [0.29, 0.717) is 4.47 Å². The number of benzene rings is 1. The first-order valence-corrected chi connectivity index (χ1v) is 5.74. The molecular weight excluding hydrogens is 338 g/mol. The zero-order chi connectivity index (χ0) is 12.7. The number of pyridine rings is 1. The van der Waals surface area contributed by atoms with Gasteiger partial charge in [-0.2, -0.15) is 0 Å². The van der Waals surface area contributed by atoms with E-state index in [4.69, 9.17) is 23.2 Å². The summed E-state index contributed by atoms with van der Waals surface area (Å²) in [6, 6.07) is 1.44. The van der Waals surface area contributed by atoms with Gasteiger partial charge < -0.3 is 0 Å². The van der Waals surface area contributed by atoms with Gasteiger partial charge in [-0.25, -0.2) is 9.37 Å². The summed E-state index contributed by atoms with van der Waals surface area (Å²) in [6.45, 7) is 0. The van der Waals surface area contributed by atoms with E-state index in [2.05, 4.69) is 20.9 Å². The van der Waals surface area contributed by atoms with Gasteiger partial charge in [-0.15, -0.1) is 0 Å². The number of hydrogen-bond donors (Lipinski definition) is 0. The van der Waals surface area contributed by atoms with Crippen molar-refractivity contribution in [2.24, 2.45) is 0 Å². The highest BCUT2D eigenvalue weighted by atomic mass is 79.9. The predicted octanol–water partition coefficient (Wildman–Crippen LogP) is 4.35. The molecule has 2 aromatic rings. The highest BCUT2D eigenvalue weighted by Crippen LogP contribution is 2.38. The quantitative estimate of drug-likeness (QED) is 0.441. The maximum Gasteiger partial charge on any atom is 0.306 e. The molecule has 17 heavy (non-hydrogen) atoms. The lowest BCUT2D eigenvalue weighted by atomic mass is 10.2. The first-order chi connectivity index (χ1) is 7.93. The molecule has 0 atom stereocenters. The van der Waals surface area contributed by atoms with Crippen molar-refractivity contribution >= 4 is 55.7 Å². The van der Waals surface area contributed by atoms with Crippen molar-refractivity contribution in [3.63, 3.8) is 0 Å². The Morgan fingerprint density at radius 1 is 1.41 bits per heavy atom. The maximum atomic E-state index is 13.9. The third kappa shape index (κ3) is 1.96. The molecule has 0 unspecified atom stereocenters. The predicted molar refractivity (Wildman–Crippen MR) is 66.1 cm³/mol. The summed E-state index contributed by atoms with van der Waals surface area (Å²) < 4.78 is 14.2. The van der Waals surface area contributed by atoms with Gasteiger partial charge in [-0.3, -0.25) is 10.1 Å². The molecule has 0 radical (unpaired) electrons. The molecule has 0 aliphatic heterocycles. The molecule has 0 N–H and O–H groups in total. The first kappa shape index (κ1) is 12.5. The van der Waals surface area contributed by atoms with E-state index in [-0.39, 0.29) is 20.9 Å². The Bertz CT molecular complexity index is 651. The number of fused-ring (bicyclic) bond motifs is 1. The minimum Gasteiger partial charge on any atom is -0.258 e. The van der Waals surface area contributed by atoms with Gasteiger partial charge in [-0.1, -0.05) is 23.2 Å². The lowest BCUT2D eigenvalue weighted by Gasteiger charge is -2.05. The van der Waals surface area contributed by atoms with Crippen LogP contribution in [0.2, 0.25) is 10.0 Å². The van der Waals surface area contributed by atoms with Crippen LogP contribution >= 0.6 is 39.1 Å². The average molecular weight is 340 g/mol. The van der Waals surface area contributed by atoms with Crippen LogP contribution in [0.1, 0.15) is 0 Å². The lowest BCUT2D eigenvalue weighted by molar-refractivity contribution is -0.384. The molecule has 1 aromatic carbocycles. The molecule has 0 aliphatic rings. The summed E-state index contributed by atoms with van der Waals surface area (Å²) in [5.41, 5.74) is -0.272. The van der Waals surface area contributed by atoms with Crippen molar-refractivity contribution < 1.29 is 9.31 Å². The Labute approximate surface area is 113 Å². The van der Waals surface area contributed by atoms with Crippen molar-refractivity contribution in [1.82, 2.24) is 4.98 Å². The fourth-order valence-electron chi connectivity index (χ4n) is 1.34. The molecule has 2 rings (SSSR count).